The summed E-state index contributed by atoms with van der Waals surface area (Å²) >= 11 is 1.49. The highest BCUT2D eigenvalue weighted by atomic mass is 32.1. The summed E-state index contributed by atoms with van der Waals surface area (Å²) in [4.78, 5) is 15.2. The lowest BCUT2D eigenvalue weighted by Gasteiger charge is -2.20. The van der Waals surface area contributed by atoms with Gasteiger partial charge in [-0.1, -0.05) is 13.3 Å². The van der Waals surface area contributed by atoms with E-state index in [9.17, 15) is 4.79 Å². The zero-order valence-electron chi connectivity index (χ0n) is 13.4. The molecule has 1 aliphatic rings. The second-order valence-corrected chi connectivity index (χ2v) is 7.06. The molecule has 1 heterocycles. The Labute approximate surface area is 131 Å². The highest BCUT2D eigenvalue weighted by Gasteiger charge is 2.35. The van der Waals surface area contributed by atoms with Crippen molar-refractivity contribution >= 4 is 27.8 Å². The van der Waals surface area contributed by atoms with Crippen LogP contribution < -0.4 is 15.4 Å². The highest BCUT2D eigenvalue weighted by molar-refractivity contribution is 7.19. The first-order valence-electron chi connectivity index (χ1n) is 7.79. The summed E-state index contributed by atoms with van der Waals surface area (Å²) in [5, 5.41) is 0.985. The fourth-order valence-corrected chi connectivity index (χ4v) is 3.39. The monoisotopic (exact) mass is 310 g/mol. The third-order valence-corrected chi connectivity index (χ3v) is 4.92. The summed E-state index contributed by atoms with van der Waals surface area (Å²) in [6, 6.07) is 0. The third-order valence-electron chi connectivity index (χ3n) is 3.60. The van der Waals surface area contributed by atoms with Gasteiger partial charge in [0.25, 0.3) is 0 Å². The first-order chi connectivity index (χ1) is 9.95. The molecule has 0 aromatic carbocycles. The van der Waals surface area contributed by atoms with E-state index in [0.29, 0.717) is 16.3 Å². The number of nitrogens with two attached hydrogens (primary N) is 1. The van der Waals surface area contributed by atoms with Crippen LogP contribution in [0.15, 0.2) is 0 Å². The Morgan fingerprint density at radius 2 is 2.14 bits per heavy atom. The van der Waals surface area contributed by atoms with E-state index >= 15 is 0 Å². The number of ketones is 1. The van der Waals surface area contributed by atoms with Gasteiger partial charge >= 0.3 is 0 Å². The Balaban J connectivity index is 2.31. The van der Waals surface area contributed by atoms with E-state index in [-0.39, 0.29) is 17.8 Å². The number of ether oxygens (including phenoxy) is 1. The van der Waals surface area contributed by atoms with Crippen molar-refractivity contribution < 1.29 is 9.53 Å². The van der Waals surface area contributed by atoms with Crippen LogP contribution in [0.3, 0.4) is 0 Å². The SMILES string of the molecule is CCCCN(C)c1sc(C(=O)C2CC2)c(N)c1OC(C)C. The first kappa shape index (κ1) is 16.1. The van der Waals surface area contributed by atoms with Crippen LogP contribution in [0.1, 0.15) is 56.1 Å². The number of Topliss-reactive ketones (excluding diaryl/α,β-unsaturated/α-hetero) is 1. The minimum absolute atomic E-state index is 0.0455. The van der Waals surface area contributed by atoms with Crippen molar-refractivity contribution in [2.45, 2.75) is 52.6 Å². The van der Waals surface area contributed by atoms with E-state index in [4.69, 9.17) is 10.5 Å². The van der Waals surface area contributed by atoms with Gasteiger partial charge in [0, 0.05) is 19.5 Å². The molecule has 21 heavy (non-hydrogen) atoms. The van der Waals surface area contributed by atoms with Crippen molar-refractivity contribution in [1.29, 1.82) is 0 Å². The zero-order valence-corrected chi connectivity index (χ0v) is 14.3. The van der Waals surface area contributed by atoms with Crippen LogP contribution in [-0.4, -0.2) is 25.5 Å². The van der Waals surface area contributed by atoms with Gasteiger partial charge in [-0.05, 0) is 33.1 Å². The van der Waals surface area contributed by atoms with Gasteiger partial charge in [-0.25, -0.2) is 0 Å². The van der Waals surface area contributed by atoms with Crippen molar-refractivity contribution in [2.24, 2.45) is 5.92 Å². The van der Waals surface area contributed by atoms with E-state index < -0.39 is 0 Å². The molecule has 0 saturated heterocycles. The van der Waals surface area contributed by atoms with Crippen molar-refractivity contribution in [2.75, 3.05) is 24.2 Å². The quantitative estimate of drug-likeness (QED) is 0.739. The van der Waals surface area contributed by atoms with Crippen molar-refractivity contribution in [3.05, 3.63) is 4.88 Å². The third kappa shape index (κ3) is 3.70. The number of thiophene rings is 1. The lowest BCUT2D eigenvalue weighted by molar-refractivity contribution is 0.0972. The Morgan fingerprint density at radius 3 is 2.67 bits per heavy atom. The molecular formula is C16H26N2O2S. The normalized spacial score (nSPS) is 14.5. The van der Waals surface area contributed by atoms with Gasteiger partial charge in [-0.2, -0.15) is 0 Å². The molecule has 0 radical (unpaired) electrons. The average molecular weight is 310 g/mol. The molecule has 0 unspecified atom stereocenters. The van der Waals surface area contributed by atoms with Crippen LogP contribution in [0.5, 0.6) is 5.75 Å². The number of unbranched alkanes of at least 4 members (excludes halogenated alkanes) is 1. The predicted octanol–water partition coefficient (Wildman–Crippen LogP) is 3.95. The van der Waals surface area contributed by atoms with Gasteiger partial charge in [0.1, 0.15) is 5.00 Å². The van der Waals surface area contributed by atoms with Gasteiger partial charge in [-0.3, -0.25) is 4.79 Å². The molecular weight excluding hydrogens is 284 g/mol. The summed E-state index contributed by atoms with van der Waals surface area (Å²) in [6.07, 6.45) is 4.29. The fourth-order valence-electron chi connectivity index (χ4n) is 2.23. The zero-order chi connectivity index (χ0) is 15.6. The molecule has 118 valence electrons. The molecule has 0 amide bonds. The van der Waals surface area contributed by atoms with Gasteiger partial charge in [0.2, 0.25) is 0 Å². The topological polar surface area (TPSA) is 55.6 Å². The molecule has 2 rings (SSSR count). The summed E-state index contributed by atoms with van der Waals surface area (Å²) in [6.45, 7) is 7.08. The summed E-state index contributed by atoms with van der Waals surface area (Å²) in [5.74, 6) is 1.07. The smallest absolute Gasteiger partial charge is 0.178 e. The summed E-state index contributed by atoms with van der Waals surface area (Å²) in [5.41, 5.74) is 6.75. The molecule has 0 atom stereocenters. The first-order valence-corrected chi connectivity index (χ1v) is 8.61. The fraction of sp³-hybridized carbons (Fsp3) is 0.688. The maximum absolute atomic E-state index is 12.4. The van der Waals surface area contributed by atoms with E-state index in [1.165, 1.54) is 11.3 Å². The average Bonchev–Trinajstić information content (AvgIpc) is 3.22. The minimum Gasteiger partial charge on any atom is -0.486 e. The Bertz CT molecular complexity index is 507. The number of hydrogen-bond donors (Lipinski definition) is 1. The number of nitrogens with zero attached hydrogens (tertiary/aromatic N) is 1. The molecule has 0 bridgehead atoms. The van der Waals surface area contributed by atoms with E-state index in [1.54, 1.807) is 0 Å². The number of rotatable bonds is 8. The summed E-state index contributed by atoms with van der Waals surface area (Å²) < 4.78 is 5.90. The molecule has 1 aliphatic carbocycles. The molecule has 1 fully saturated rings. The number of anilines is 2. The van der Waals surface area contributed by atoms with E-state index in [1.807, 2.05) is 20.9 Å². The molecule has 1 aromatic rings. The van der Waals surface area contributed by atoms with Gasteiger partial charge < -0.3 is 15.4 Å². The van der Waals surface area contributed by atoms with Crippen molar-refractivity contribution in [3.8, 4) is 5.75 Å². The number of carbonyl (C=O) groups is 1. The lowest BCUT2D eigenvalue weighted by Crippen LogP contribution is -2.19. The number of hydrogen-bond acceptors (Lipinski definition) is 5. The molecule has 1 saturated carbocycles. The van der Waals surface area contributed by atoms with Gasteiger partial charge in [0.05, 0.1) is 16.7 Å². The van der Waals surface area contributed by atoms with Gasteiger partial charge in [-0.15, -0.1) is 11.3 Å². The largest absolute Gasteiger partial charge is 0.486 e. The van der Waals surface area contributed by atoms with Crippen molar-refractivity contribution in [3.63, 3.8) is 0 Å². The number of carbonyl (C=O) groups excluding carboxylic acids is 1. The van der Waals surface area contributed by atoms with E-state index in [0.717, 1.165) is 37.2 Å². The summed E-state index contributed by atoms with van der Waals surface area (Å²) in [7, 11) is 2.04. The number of nitrogen functional groups attached to an aromatic ring is 1. The van der Waals surface area contributed by atoms with Crippen LogP contribution in [0.2, 0.25) is 0 Å². The van der Waals surface area contributed by atoms with Crippen LogP contribution in [0.25, 0.3) is 0 Å². The lowest BCUT2D eigenvalue weighted by atomic mass is 10.2. The standard InChI is InChI=1S/C16H26N2O2S/c1-5-6-9-18(4)16-14(20-10(2)3)12(17)15(21-16)13(19)11-7-8-11/h10-11H,5-9,17H2,1-4H3. The van der Waals surface area contributed by atoms with Crippen LogP contribution in [-0.2, 0) is 0 Å². The predicted molar refractivity (Wildman–Crippen MR) is 89.7 cm³/mol. The molecule has 2 N–H and O–H groups in total. The molecule has 4 nitrogen and oxygen atoms in total. The molecule has 5 heteroatoms. The van der Waals surface area contributed by atoms with Gasteiger partial charge in [0.15, 0.2) is 11.5 Å². The highest BCUT2D eigenvalue weighted by Crippen LogP contribution is 2.48. The second-order valence-electron chi connectivity index (χ2n) is 6.06. The van der Waals surface area contributed by atoms with Crippen LogP contribution >= 0.6 is 11.3 Å². The second kappa shape index (κ2) is 6.69. The Kier molecular flexibility index (Phi) is 5.14. The van der Waals surface area contributed by atoms with Crippen molar-refractivity contribution in [1.82, 2.24) is 0 Å². The Morgan fingerprint density at radius 1 is 1.48 bits per heavy atom. The Hall–Kier alpha value is -1.23. The maximum atomic E-state index is 12.4. The molecule has 1 aromatic heterocycles. The van der Waals surface area contributed by atoms with Crippen LogP contribution in [0.4, 0.5) is 10.7 Å². The van der Waals surface area contributed by atoms with Crippen LogP contribution in [0, 0.1) is 5.92 Å². The molecule has 0 aliphatic heterocycles. The van der Waals surface area contributed by atoms with E-state index in [2.05, 4.69) is 11.8 Å². The minimum atomic E-state index is 0.0455. The molecule has 0 spiro atoms. The maximum Gasteiger partial charge on any atom is 0.178 e.